The molecule has 0 fully saturated rings. The molecule has 2 aromatic rings. The molecule has 1 heterocycles. The molecule has 10 heteroatoms. The number of non-ortho nitro benzene ring substituents is 2. The van der Waals surface area contributed by atoms with Crippen molar-refractivity contribution < 1.29 is 9.85 Å². The summed E-state index contributed by atoms with van der Waals surface area (Å²) >= 11 is 15.0. The number of halogens is 2. The third-order valence-electron chi connectivity index (χ3n) is 3.38. The molecule has 1 aliphatic rings. The van der Waals surface area contributed by atoms with Crippen molar-refractivity contribution in [2.45, 2.75) is 0 Å². The van der Waals surface area contributed by atoms with E-state index in [0.29, 0.717) is 21.2 Å². The van der Waals surface area contributed by atoms with Gasteiger partial charge in [-0.2, -0.15) is 0 Å². The topological polar surface area (TPSA) is 86.3 Å². The Morgan fingerprint density at radius 3 is 2.19 bits per heavy atom. The van der Waals surface area contributed by atoms with Gasteiger partial charge >= 0.3 is 0 Å². The minimum absolute atomic E-state index is 0.0462. The lowest BCUT2D eigenvalue weighted by Gasteiger charge is -2.05. The summed E-state index contributed by atoms with van der Waals surface area (Å²) in [6.45, 7) is 0. The van der Waals surface area contributed by atoms with Crippen LogP contribution in [-0.2, 0) is 0 Å². The molecule has 0 aliphatic carbocycles. The summed E-state index contributed by atoms with van der Waals surface area (Å²) in [5, 5.41) is 24.5. The third-order valence-corrected chi connectivity index (χ3v) is 6.32. The highest BCUT2D eigenvalue weighted by atomic mass is 35.5. The molecule has 132 valence electrons. The zero-order chi connectivity index (χ0) is 18.8. The average Bonchev–Trinajstić information content (AvgIpc) is 3.05. The zero-order valence-electron chi connectivity index (χ0n) is 12.7. The summed E-state index contributed by atoms with van der Waals surface area (Å²) in [5.74, 6) is 0. The summed E-state index contributed by atoms with van der Waals surface area (Å²) in [7, 11) is 0. The average molecular weight is 427 g/mol. The molecule has 0 radical (unpaired) electrons. The maximum Gasteiger partial charge on any atom is 0.270 e. The standard InChI is InChI=1S/C16H8Cl2N2O4S2/c17-13-3-1-10(19(21)22)5-9(13)6-16-25-8-15(26-16)12-7-11(20(23)24)2-4-14(12)18/h1-8H/b16-6+. The Balaban J connectivity index is 1.88. The fraction of sp³-hybridized carbons (Fsp3) is 0. The molecule has 0 atom stereocenters. The lowest BCUT2D eigenvalue weighted by Crippen LogP contribution is -1.90. The van der Waals surface area contributed by atoms with Crippen LogP contribution in [0.3, 0.4) is 0 Å². The van der Waals surface area contributed by atoms with Crippen molar-refractivity contribution in [3.8, 4) is 0 Å². The van der Waals surface area contributed by atoms with Crippen molar-refractivity contribution in [1.29, 1.82) is 0 Å². The molecule has 0 saturated carbocycles. The monoisotopic (exact) mass is 426 g/mol. The maximum atomic E-state index is 11.0. The highest BCUT2D eigenvalue weighted by Gasteiger charge is 2.20. The van der Waals surface area contributed by atoms with Crippen LogP contribution >= 0.6 is 46.7 Å². The largest absolute Gasteiger partial charge is 0.270 e. The normalized spacial score (nSPS) is 15.2. The van der Waals surface area contributed by atoms with Gasteiger partial charge < -0.3 is 0 Å². The summed E-state index contributed by atoms with van der Waals surface area (Å²) < 4.78 is 0.824. The van der Waals surface area contributed by atoms with Crippen molar-refractivity contribution >= 4 is 69.1 Å². The van der Waals surface area contributed by atoms with E-state index in [2.05, 4.69) is 0 Å². The van der Waals surface area contributed by atoms with E-state index < -0.39 is 9.85 Å². The number of rotatable bonds is 4. The van der Waals surface area contributed by atoms with Crippen LogP contribution in [-0.4, -0.2) is 9.85 Å². The SMILES string of the molecule is O=[N+]([O-])c1ccc(Cl)c(/C=C2\SC=C(c3cc([N+](=O)[O-])ccc3Cl)S2)c1. The van der Waals surface area contributed by atoms with Crippen LogP contribution in [0.15, 0.2) is 46.0 Å². The number of nitro benzene ring substituents is 2. The van der Waals surface area contributed by atoms with Crippen LogP contribution < -0.4 is 0 Å². The van der Waals surface area contributed by atoms with E-state index in [1.165, 1.54) is 59.9 Å². The highest BCUT2D eigenvalue weighted by Crippen LogP contribution is 2.51. The Bertz CT molecular complexity index is 992. The van der Waals surface area contributed by atoms with Gasteiger partial charge in [-0.1, -0.05) is 46.7 Å². The van der Waals surface area contributed by atoms with E-state index in [1.54, 1.807) is 6.08 Å². The molecular weight excluding hydrogens is 419 g/mol. The second-order valence-electron chi connectivity index (χ2n) is 5.05. The van der Waals surface area contributed by atoms with Crippen molar-refractivity contribution in [2.75, 3.05) is 0 Å². The smallest absolute Gasteiger partial charge is 0.258 e. The quantitative estimate of drug-likeness (QED) is 0.404. The van der Waals surface area contributed by atoms with Gasteiger partial charge in [0.1, 0.15) is 0 Å². The molecule has 0 spiro atoms. The van der Waals surface area contributed by atoms with Crippen LogP contribution in [0.5, 0.6) is 0 Å². The van der Waals surface area contributed by atoms with Crippen LogP contribution in [0, 0.1) is 20.2 Å². The van der Waals surface area contributed by atoms with Crippen LogP contribution in [0.25, 0.3) is 11.0 Å². The molecule has 0 N–H and O–H groups in total. The number of nitrogens with zero attached hydrogens (tertiary/aromatic N) is 2. The Hall–Kier alpha value is -2.00. The first kappa shape index (κ1) is 18.8. The first-order valence-electron chi connectivity index (χ1n) is 7.00. The van der Waals surface area contributed by atoms with E-state index in [-0.39, 0.29) is 11.4 Å². The summed E-state index contributed by atoms with van der Waals surface area (Å²) in [5.41, 5.74) is 0.988. The lowest BCUT2D eigenvalue weighted by atomic mass is 10.2. The Kier molecular flexibility index (Phi) is 5.57. The van der Waals surface area contributed by atoms with Crippen LogP contribution in [0.2, 0.25) is 10.0 Å². The predicted molar refractivity (Wildman–Crippen MR) is 107 cm³/mol. The number of nitro groups is 2. The van der Waals surface area contributed by atoms with Gasteiger partial charge in [0.05, 0.1) is 9.85 Å². The summed E-state index contributed by atoms with van der Waals surface area (Å²) in [6.07, 6.45) is 1.74. The second-order valence-corrected chi connectivity index (χ2v) is 8.12. The summed E-state index contributed by atoms with van der Waals surface area (Å²) in [6, 6.07) is 8.47. The highest BCUT2D eigenvalue weighted by molar-refractivity contribution is 8.31. The van der Waals surface area contributed by atoms with E-state index in [1.807, 2.05) is 5.41 Å². The Labute approximate surface area is 166 Å². The van der Waals surface area contributed by atoms with Crippen molar-refractivity contribution in [3.05, 3.63) is 87.4 Å². The first-order chi connectivity index (χ1) is 12.3. The van der Waals surface area contributed by atoms with Crippen molar-refractivity contribution in [1.82, 2.24) is 0 Å². The molecule has 0 aromatic heterocycles. The van der Waals surface area contributed by atoms with Crippen LogP contribution in [0.4, 0.5) is 11.4 Å². The van der Waals surface area contributed by atoms with E-state index in [0.717, 1.165) is 9.14 Å². The zero-order valence-corrected chi connectivity index (χ0v) is 15.9. The maximum absolute atomic E-state index is 11.0. The van der Waals surface area contributed by atoms with Gasteiger partial charge in [-0.25, -0.2) is 0 Å². The predicted octanol–water partition coefficient (Wildman–Crippen LogP) is 6.59. The lowest BCUT2D eigenvalue weighted by molar-refractivity contribution is -0.385. The van der Waals surface area contributed by atoms with Gasteiger partial charge in [0, 0.05) is 54.6 Å². The molecule has 2 aromatic carbocycles. The molecule has 6 nitrogen and oxygen atoms in total. The second kappa shape index (κ2) is 7.71. The van der Waals surface area contributed by atoms with Gasteiger partial charge in [0.15, 0.2) is 0 Å². The minimum Gasteiger partial charge on any atom is -0.258 e. The molecule has 26 heavy (non-hydrogen) atoms. The van der Waals surface area contributed by atoms with E-state index >= 15 is 0 Å². The molecule has 0 bridgehead atoms. The molecule has 3 rings (SSSR count). The number of benzene rings is 2. The molecule has 0 unspecified atom stereocenters. The van der Waals surface area contributed by atoms with Gasteiger partial charge in [0.25, 0.3) is 11.4 Å². The molecule has 0 saturated heterocycles. The van der Waals surface area contributed by atoms with Gasteiger partial charge in [-0.15, -0.1) is 0 Å². The Morgan fingerprint density at radius 1 is 0.923 bits per heavy atom. The third kappa shape index (κ3) is 4.04. The van der Waals surface area contributed by atoms with Gasteiger partial charge in [-0.05, 0) is 23.6 Å². The summed E-state index contributed by atoms with van der Waals surface area (Å²) in [4.78, 5) is 21.7. The Morgan fingerprint density at radius 2 is 1.54 bits per heavy atom. The van der Waals surface area contributed by atoms with Gasteiger partial charge in [-0.3, -0.25) is 20.2 Å². The molecule has 1 aliphatic heterocycles. The van der Waals surface area contributed by atoms with E-state index in [9.17, 15) is 20.2 Å². The minimum atomic E-state index is -0.486. The van der Waals surface area contributed by atoms with E-state index in [4.69, 9.17) is 23.2 Å². The van der Waals surface area contributed by atoms with Crippen molar-refractivity contribution in [2.24, 2.45) is 0 Å². The van der Waals surface area contributed by atoms with Gasteiger partial charge in [0.2, 0.25) is 0 Å². The number of thioether (sulfide) groups is 2. The first-order valence-corrected chi connectivity index (χ1v) is 9.45. The number of hydrogen-bond donors (Lipinski definition) is 0. The van der Waals surface area contributed by atoms with Crippen molar-refractivity contribution in [3.63, 3.8) is 0 Å². The van der Waals surface area contributed by atoms with Crippen LogP contribution in [0.1, 0.15) is 11.1 Å². The molecule has 0 amide bonds. The number of hydrogen-bond acceptors (Lipinski definition) is 6. The fourth-order valence-corrected chi connectivity index (χ4v) is 4.76. The molecular formula is C16H8Cl2N2O4S2. The fourth-order valence-electron chi connectivity index (χ4n) is 2.15.